The second-order valence-corrected chi connectivity index (χ2v) is 8.50. The molecule has 0 atom stereocenters. The fraction of sp³-hybridized carbons (Fsp3) is 0.333. The standard InChI is InChI=1S/C24H23N7O2.2ClH/c25-13-19-3-1-4-20(29-19)18-6-7-21(27-15-18)26-14-17-8-10-24(11-9-17)16-31(23(32)33-24)22-5-2-12-28-30-22;;/h1-7,12,15,17H,8-11,14,16H2,(H,26,27);2*1H/t17-,24-;;. The summed E-state index contributed by atoms with van der Waals surface area (Å²) in [6.07, 6.45) is 6.61. The topological polar surface area (TPSA) is 117 Å². The van der Waals surface area contributed by atoms with Crippen LogP contribution in [0.3, 0.4) is 0 Å². The van der Waals surface area contributed by atoms with Gasteiger partial charge in [0.15, 0.2) is 5.82 Å². The van der Waals surface area contributed by atoms with Crippen LogP contribution >= 0.6 is 24.8 Å². The number of nitrogens with zero attached hydrogens (tertiary/aromatic N) is 6. The predicted octanol–water partition coefficient (Wildman–Crippen LogP) is 4.65. The predicted molar refractivity (Wildman–Crippen MR) is 136 cm³/mol. The van der Waals surface area contributed by atoms with Crippen LogP contribution in [0.4, 0.5) is 16.4 Å². The number of rotatable bonds is 5. The Balaban J connectivity index is 0.00000171. The number of nitriles is 1. The van der Waals surface area contributed by atoms with Crippen molar-refractivity contribution in [1.29, 1.82) is 5.26 Å². The van der Waals surface area contributed by atoms with Gasteiger partial charge in [-0.2, -0.15) is 10.4 Å². The molecular weight excluding hydrogens is 489 g/mol. The van der Waals surface area contributed by atoms with Gasteiger partial charge >= 0.3 is 6.09 Å². The minimum Gasteiger partial charge on any atom is -0.441 e. The molecule has 1 amide bonds. The van der Waals surface area contributed by atoms with Gasteiger partial charge in [-0.15, -0.1) is 29.9 Å². The highest BCUT2D eigenvalue weighted by atomic mass is 35.5. The number of amides is 1. The molecule has 11 heteroatoms. The average Bonchev–Trinajstić information content (AvgIpc) is 3.20. The van der Waals surface area contributed by atoms with Gasteiger partial charge in [0.1, 0.15) is 23.2 Å². The maximum absolute atomic E-state index is 12.4. The molecule has 1 aliphatic heterocycles. The molecule has 9 nitrogen and oxygen atoms in total. The summed E-state index contributed by atoms with van der Waals surface area (Å²) in [7, 11) is 0. The lowest BCUT2D eigenvalue weighted by atomic mass is 9.78. The van der Waals surface area contributed by atoms with Crippen LogP contribution in [-0.4, -0.2) is 44.9 Å². The summed E-state index contributed by atoms with van der Waals surface area (Å²) in [4.78, 5) is 22.8. The molecule has 1 saturated carbocycles. The van der Waals surface area contributed by atoms with Crippen molar-refractivity contribution in [1.82, 2.24) is 20.2 Å². The van der Waals surface area contributed by atoms with Crippen molar-refractivity contribution in [2.45, 2.75) is 31.3 Å². The summed E-state index contributed by atoms with van der Waals surface area (Å²) in [5.74, 6) is 1.82. The molecule has 35 heavy (non-hydrogen) atoms. The van der Waals surface area contributed by atoms with E-state index in [9.17, 15) is 4.79 Å². The third-order valence-electron chi connectivity index (χ3n) is 6.32. The van der Waals surface area contributed by atoms with Crippen LogP contribution in [0.2, 0.25) is 0 Å². The van der Waals surface area contributed by atoms with Gasteiger partial charge < -0.3 is 10.1 Å². The summed E-state index contributed by atoms with van der Waals surface area (Å²) in [6, 6.07) is 14.8. The minimum absolute atomic E-state index is 0. The zero-order valence-corrected chi connectivity index (χ0v) is 20.5. The first kappa shape index (κ1) is 26.1. The van der Waals surface area contributed by atoms with E-state index in [2.05, 4.69) is 31.6 Å². The monoisotopic (exact) mass is 513 g/mol. The summed E-state index contributed by atoms with van der Waals surface area (Å²) in [5.41, 5.74) is 1.55. The number of carbonyl (C=O) groups excluding carboxylic acids is 1. The minimum atomic E-state index is -0.435. The molecule has 2 aliphatic rings. The van der Waals surface area contributed by atoms with Gasteiger partial charge in [-0.3, -0.25) is 4.90 Å². The maximum Gasteiger partial charge on any atom is 0.416 e. The van der Waals surface area contributed by atoms with E-state index in [0.29, 0.717) is 24.0 Å². The second-order valence-electron chi connectivity index (χ2n) is 8.50. The highest BCUT2D eigenvalue weighted by Crippen LogP contribution is 2.40. The fourth-order valence-electron chi connectivity index (χ4n) is 4.46. The quantitative estimate of drug-likeness (QED) is 0.523. The van der Waals surface area contributed by atoms with Crippen molar-refractivity contribution in [2.75, 3.05) is 23.3 Å². The van der Waals surface area contributed by atoms with Crippen LogP contribution in [0.15, 0.2) is 54.9 Å². The Bertz CT molecular complexity index is 1180. The van der Waals surface area contributed by atoms with Crippen molar-refractivity contribution in [3.63, 3.8) is 0 Å². The van der Waals surface area contributed by atoms with E-state index in [-0.39, 0.29) is 30.9 Å². The molecule has 0 bridgehead atoms. The van der Waals surface area contributed by atoms with Gasteiger partial charge in [-0.1, -0.05) is 6.07 Å². The van der Waals surface area contributed by atoms with Crippen LogP contribution in [0.25, 0.3) is 11.3 Å². The number of aromatic nitrogens is 4. The zero-order valence-electron chi connectivity index (χ0n) is 18.8. The Morgan fingerprint density at radius 2 is 1.97 bits per heavy atom. The number of hydrogen-bond donors (Lipinski definition) is 1. The van der Waals surface area contributed by atoms with Gasteiger partial charge in [0, 0.05) is 24.5 Å². The molecule has 4 heterocycles. The van der Waals surface area contributed by atoms with Gasteiger partial charge in [0.2, 0.25) is 0 Å². The fourth-order valence-corrected chi connectivity index (χ4v) is 4.46. The molecular formula is C24H25Cl2N7O2. The molecule has 0 aromatic carbocycles. The number of halogens is 2. The lowest BCUT2D eigenvalue weighted by molar-refractivity contribution is 0.0148. The van der Waals surface area contributed by atoms with E-state index in [0.717, 1.165) is 49.3 Å². The van der Waals surface area contributed by atoms with Gasteiger partial charge in [-0.05, 0) is 68.0 Å². The SMILES string of the molecule is Cl.Cl.N#Cc1cccc(-c2ccc(NC[C@H]3CC[C@]4(CC3)CN(c3cccnn3)C(=O)O4)nc2)n1. The van der Waals surface area contributed by atoms with E-state index in [1.54, 1.807) is 35.5 Å². The van der Waals surface area contributed by atoms with Crippen molar-refractivity contribution in [3.8, 4) is 17.3 Å². The van der Waals surface area contributed by atoms with E-state index in [1.807, 2.05) is 24.3 Å². The lowest BCUT2D eigenvalue weighted by Gasteiger charge is -2.35. The normalized spacial score (nSPS) is 20.8. The zero-order chi connectivity index (χ0) is 22.7. The van der Waals surface area contributed by atoms with E-state index in [1.165, 1.54) is 0 Å². The molecule has 182 valence electrons. The van der Waals surface area contributed by atoms with Gasteiger partial charge in [0.25, 0.3) is 0 Å². The van der Waals surface area contributed by atoms with Crippen molar-refractivity contribution >= 4 is 42.5 Å². The van der Waals surface area contributed by atoms with Crippen LogP contribution in [0, 0.1) is 17.2 Å². The third-order valence-corrected chi connectivity index (χ3v) is 6.32. The van der Waals surface area contributed by atoms with Crippen molar-refractivity contribution < 1.29 is 9.53 Å². The molecule has 5 rings (SSSR count). The smallest absolute Gasteiger partial charge is 0.416 e. The average molecular weight is 514 g/mol. The number of nitrogens with one attached hydrogen (secondary N) is 1. The first-order chi connectivity index (χ1) is 16.1. The second kappa shape index (κ2) is 11.3. The molecule has 1 N–H and O–H groups in total. The van der Waals surface area contributed by atoms with Gasteiger partial charge in [0.05, 0.1) is 12.2 Å². The molecule has 0 radical (unpaired) electrons. The van der Waals surface area contributed by atoms with Crippen LogP contribution in [0.1, 0.15) is 31.4 Å². The number of ether oxygens (including phenoxy) is 1. The van der Waals surface area contributed by atoms with Crippen LogP contribution in [-0.2, 0) is 4.74 Å². The Morgan fingerprint density at radius 1 is 1.14 bits per heavy atom. The van der Waals surface area contributed by atoms with E-state index in [4.69, 9.17) is 10.00 Å². The Kier molecular flexibility index (Phi) is 8.43. The summed E-state index contributed by atoms with van der Waals surface area (Å²) >= 11 is 0. The Labute approximate surface area is 215 Å². The Hall–Kier alpha value is -3.48. The maximum atomic E-state index is 12.4. The molecule has 1 saturated heterocycles. The van der Waals surface area contributed by atoms with E-state index < -0.39 is 5.60 Å². The Morgan fingerprint density at radius 3 is 2.66 bits per heavy atom. The molecule has 3 aromatic heterocycles. The summed E-state index contributed by atoms with van der Waals surface area (Å²) < 4.78 is 5.80. The highest BCUT2D eigenvalue weighted by Gasteiger charge is 2.48. The number of carbonyl (C=O) groups is 1. The number of hydrogen-bond acceptors (Lipinski definition) is 8. The molecule has 1 aliphatic carbocycles. The van der Waals surface area contributed by atoms with Gasteiger partial charge in [-0.25, -0.2) is 14.8 Å². The molecule has 3 aromatic rings. The molecule has 1 spiro atoms. The largest absolute Gasteiger partial charge is 0.441 e. The molecule has 0 unspecified atom stereocenters. The first-order valence-corrected chi connectivity index (χ1v) is 11.0. The number of pyridine rings is 2. The number of anilines is 2. The van der Waals surface area contributed by atoms with Crippen LogP contribution in [0.5, 0.6) is 0 Å². The van der Waals surface area contributed by atoms with Crippen LogP contribution < -0.4 is 10.2 Å². The van der Waals surface area contributed by atoms with E-state index >= 15 is 0 Å². The first-order valence-electron chi connectivity index (χ1n) is 11.0. The summed E-state index contributed by atoms with van der Waals surface area (Å²) in [6.45, 7) is 1.33. The summed E-state index contributed by atoms with van der Waals surface area (Å²) in [5, 5.41) is 20.3. The third kappa shape index (κ3) is 5.78. The molecule has 2 fully saturated rings. The van der Waals surface area contributed by atoms with Crippen molar-refractivity contribution in [3.05, 3.63) is 60.6 Å². The highest BCUT2D eigenvalue weighted by molar-refractivity contribution is 5.89. The lowest BCUT2D eigenvalue weighted by Crippen LogP contribution is -2.39. The van der Waals surface area contributed by atoms with Crippen molar-refractivity contribution in [2.24, 2.45) is 5.92 Å².